The number of hydrogen-bond acceptors (Lipinski definition) is 5. The summed E-state index contributed by atoms with van der Waals surface area (Å²) < 4.78 is 0. The van der Waals surface area contributed by atoms with E-state index in [0.717, 1.165) is 63.5 Å². The number of nitrogens with zero attached hydrogens (tertiary/aromatic N) is 3. The van der Waals surface area contributed by atoms with Crippen LogP contribution >= 0.6 is 23.7 Å². The number of carbonyl (C=O) groups excluding carboxylic acids is 1. The molecular weight excluding hydrogens is 332 g/mol. The van der Waals surface area contributed by atoms with Crippen molar-refractivity contribution >= 4 is 34.8 Å². The molecule has 4 rings (SSSR count). The summed E-state index contributed by atoms with van der Waals surface area (Å²) in [5.74, 6) is 0.327. The van der Waals surface area contributed by atoms with E-state index in [1.807, 2.05) is 11.6 Å². The van der Waals surface area contributed by atoms with E-state index in [4.69, 9.17) is 0 Å². The van der Waals surface area contributed by atoms with E-state index in [9.17, 15) is 4.79 Å². The summed E-state index contributed by atoms with van der Waals surface area (Å²) >= 11 is 1.64. The third-order valence-electron chi connectivity index (χ3n) is 5.67. The number of aromatic nitrogens is 1. The molecule has 7 heteroatoms. The first kappa shape index (κ1) is 17.0. The topological polar surface area (TPSA) is 48.5 Å². The third-order valence-corrected chi connectivity index (χ3v) is 6.48. The van der Waals surface area contributed by atoms with Crippen LogP contribution in [-0.2, 0) is 4.79 Å². The minimum Gasteiger partial charge on any atom is -0.341 e. The average Bonchev–Trinajstić information content (AvgIpc) is 3.28. The highest BCUT2D eigenvalue weighted by Crippen LogP contribution is 2.37. The van der Waals surface area contributed by atoms with Gasteiger partial charge in [0.1, 0.15) is 6.04 Å². The second-order valence-electron chi connectivity index (χ2n) is 6.92. The molecule has 4 heterocycles. The number of thiazole rings is 1. The van der Waals surface area contributed by atoms with Crippen molar-refractivity contribution in [2.24, 2.45) is 5.41 Å². The predicted octanol–water partition coefficient (Wildman–Crippen LogP) is 2.14. The lowest BCUT2D eigenvalue weighted by Crippen LogP contribution is -2.50. The number of carbonyl (C=O) groups is 1. The first-order chi connectivity index (χ1) is 10.8. The minimum absolute atomic E-state index is 0. The van der Waals surface area contributed by atoms with Gasteiger partial charge in [-0.15, -0.1) is 23.7 Å². The van der Waals surface area contributed by atoms with Crippen molar-refractivity contribution in [3.63, 3.8) is 0 Å². The van der Waals surface area contributed by atoms with Gasteiger partial charge in [-0.1, -0.05) is 0 Å². The zero-order valence-electron chi connectivity index (χ0n) is 13.4. The third kappa shape index (κ3) is 3.21. The van der Waals surface area contributed by atoms with E-state index in [-0.39, 0.29) is 18.4 Å². The summed E-state index contributed by atoms with van der Waals surface area (Å²) in [7, 11) is 0. The van der Waals surface area contributed by atoms with Gasteiger partial charge < -0.3 is 15.1 Å². The number of amides is 1. The van der Waals surface area contributed by atoms with Gasteiger partial charge >= 0.3 is 0 Å². The number of hydrogen-bond donors (Lipinski definition) is 1. The van der Waals surface area contributed by atoms with E-state index in [1.54, 1.807) is 11.3 Å². The first-order valence-electron chi connectivity index (χ1n) is 8.43. The molecule has 0 aromatic carbocycles. The molecule has 3 aliphatic rings. The zero-order chi connectivity index (χ0) is 15.0. The van der Waals surface area contributed by atoms with Gasteiger partial charge in [-0.3, -0.25) is 4.79 Å². The minimum atomic E-state index is 0. The molecule has 3 aliphatic heterocycles. The van der Waals surface area contributed by atoms with Crippen LogP contribution in [-0.4, -0.2) is 54.6 Å². The molecule has 1 amide bonds. The normalized spacial score (nSPS) is 26.5. The number of piperidine rings is 1. The Kier molecular flexibility index (Phi) is 5.13. The van der Waals surface area contributed by atoms with Crippen molar-refractivity contribution in [3.05, 3.63) is 11.6 Å². The molecule has 0 bridgehead atoms. The molecule has 5 nitrogen and oxygen atoms in total. The molecule has 3 saturated heterocycles. The van der Waals surface area contributed by atoms with Crippen molar-refractivity contribution in [1.29, 1.82) is 0 Å². The van der Waals surface area contributed by atoms with Crippen molar-refractivity contribution in [2.45, 2.75) is 38.1 Å². The monoisotopic (exact) mass is 356 g/mol. The van der Waals surface area contributed by atoms with Crippen molar-refractivity contribution in [3.8, 4) is 0 Å². The van der Waals surface area contributed by atoms with Gasteiger partial charge in [-0.05, 0) is 44.1 Å². The molecule has 1 aromatic heterocycles. The number of likely N-dealkylation sites (tertiary alicyclic amines) is 1. The van der Waals surface area contributed by atoms with Gasteiger partial charge in [0.05, 0.1) is 0 Å². The molecule has 23 heavy (non-hydrogen) atoms. The predicted molar refractivity (Wildman–Crippen MR) is 95.5 cm³/mol. The highest BCUT2D eigenvalue weighted by atomic mass is 35.5. The van der Waals surface area contributed by atoms with Gasteiger partial charge in [-0.25, -0.2) is 4.98 Å². The maximum atomic E-state index is 13.0. The Labute approximate surface area is 147 Å². The first-order valence-corrected chi connectivity index (χ1v) is 9.31. The Morgan fingerprint density at radius 1 is 1.30 bits per heavy atom. The van der Waals surface area contributed by atoms with Gasteiger partial charge in [0.25, 0.3) is 0 Å². The molecule has 1 spiro atoms. The molecule has 0 radical (unpaired) electrons. The Morgan fingerprint density at radius 2 is 2.13 bits per heavy atom. The summed E-state index contributed by atoms with van der Waals surface area (Å²) in [5.41, 5.74) is 0.474. The van der Waals surface area contributed by atoms with Gasteiger partial charge in [0, 0.05) is 37.8 Å². The molecule has 1 unspecified atom stereocenters. The summed E-state index contributed by atoms with van der Waals surface area (Å²) in [4.78, 5) is 21.7. The fraction of sp³-hybridized carbons (Fsp3) is 0.750. The van der Waals surface area contributed by atoms with Gasteiger partial charge in [0.2, 0.25) is 5.91 Å². The number of rotatable bonds is 2. The summed E-state index contributed by atoms with van der Waals surface area (Å²) in [6.45, 7) is 5.12. The van der Waals surface area contributed by atoms with Crippen LogP contribution in [0.25, 0.3) is 0 Å². The average molecular weight is 357 g/mol. The molecule has 0 saturated carbocycles. The van der Waals surface area contributed by atoms with Crippen LogP contribution in [0.2, 0.25) is 0 Å². The Balaban J connectivity index is 0.00000156. The SMILES string of the molecule is Cl.O=C(C1CCCN1c1nccs1)N1CCC2(CCNC2)CC1. The fourth-order valence-electron chi connectivity index (χ4n) is 4.24. The number of nitrogens with one attached hydrogen (secondary N) is 1. The Morgan fingerprint density at radius 3 is 2.78 bits per heavy atom. The fourth-order valence-corrected chi connectivity index (χ4v) is 4.96. The van der Waals surface area contributed by atoms with Crippen LogP contribution in [0.3, 0.4) is 0 Å². The Bertz CT molecular complexity index is 522. The standard InChI is InChI=1S/C16H24N4OS.ClH/c21-14(13-2-1-8-20(13)15-18-7-11-22-15)19-9-4-16(5-10-19)3-6-17-12-16;/h7,11,13,17H,1-6,8-10,12H2;1H. The summed E-state index contributed by atoms with van der Waals surface area (Å²) in [6.07, 6.45) is 7.51. The van der Waals surface area contributed by atoms with E-state index in [1.165, 1.54) is 6.42 Å². The molecule has 3 fully saturated rings. The maximum Gasteiger partial charge on any atom is 0.245 e. The van der Waals surface area contributed by atoms with Crippen molar-refractivity contribution in [2.75, 3.05) is 37.6 Å². The van der Waals surface area contributed by atoms with Crippen LogP contribution in [0.5, 0.6) is 0 Å². The van der Waals surface area contributed by atoms with Gasteiger partial charge in [-0.2, -0.15) is 0 Å². The summed E-state index contributed by atoms with van der Waals surface area (Å²) in [5, 5.41) is 6.49. The lowest BCUT2D eigenvalue weighted by Gasteiger charge is -2.40. The van der Waals surface area contributed by atoms with Crippen LogP contribution in [0.15, 0.2) is 11.6 Å². The smallest absolute Gasteiger partial charge is 0.245 e. The second-order valence-corrected chi connectivity index (χ2v) is 7.79. The van der Waals surface area contributed by atoms with Crippen LogP contribution in [0, 0.1) is 5.41 Å². The second kappa shape index (κ2) is 6.95. The number of halogens is 1. The molecule has 1 aromatic rings. The van der Waals surface area contributed by atoms with Gasteiger partial charge in [0.15, 0.2) is 5.13 Å². The zero-order valence-corrected chi connectivity index (χ0v) is 15.0. The highest BCUT2D eigenvalue weighted by molar-refractivity contribution is 7.13. The van der Waals surface area contributed by atoms with Crippen molar-refractivity contribution < 1.29 is 4.79 Å². The van der Waals surface area contributed by atoms with Crippen molar-refractivity contribution in [1.82, 2.24) is 15.2 Å². The van der Waals surface area contributed by atoms with E-state index in [2.05, 4.69) is 20.1 Å². The molecule has 128 valence electrons. The van der Waals surface area contributed by atoms with E-state index >= 15 is 0 Å². The summed E-state index contributed by atoms with van der Waals surface area (Å²) in [6, 6.07) is 0.0157. The van der Waals surface area contributed by atoms with Crippen LogP contribution < -0.4 is 10.2 Å². The van der Waals surface area contributed by atoms with Crippen LogP contribution in [0.1, 0.15) is 32.1 Å². The Hall–Kier alpha value is -0.850. The lowest BCUT2D eigenvalue weighted by molar-refractivity contribution is -0.134. The van der Waals surface area contributed by atoms with Crippen LogP contribution in [0.4, 0.5) is 5.13 Å². The molecule has 0 aliphatic carbocycles. The molecule has 1 N–H and O–H groups in total. The largest absolute Gasteiger partial charge is 0.341 e. The van der Waals surface area contributed by atoms with E-state index in [0.29, 0.717) is 11.3 Å². The highest BCUT2D eigenvalue weighted by Gasteiger charge is 2.41. The molecular formula is C16H25ClN4OS. The lowest BCUT2D eigenvalue weighted by atomic mass is 9.77. The molecule has 1 atom stereocenters. The quantitative estimate of drug-likeness (QED) is 0.882. The number of anilines is 1. The van der Waals surface area contributed by atoms with E-state index < -0.39 is 0 Å². The maximum absolute atomic E-state index is 13.0.